The second-order valence-electron chi connectivity index (χ2n) is 4.82. The summed E-state index contributed by atoms with van der Waals surface area (Å²) in [5.74, 6) is 0.702. The number of carbonyl (C=O) groups is 1. The molecule has 7 heteroatoms. The molecule has 0 atom stereocenters. The van der Waals surface area contributed by atoms with Gasteiger partial charge in [-0.25, -0.2) is 0 Å². The van der Waals surface area contributed by atoms with Crippen LogP contribution >= 0.6 is 11.6 Å². The number of ether oxygens (including phenoxy) is 2. The Labute approximate surface area is 143 Å². The van der Waals surface area contributed by atoms with E-state index in [-0.39, 0.29) is 12.4 Å². The van der Waals surface area contributed by atoms with E-state index in [0.717, 1.165) is 0 Å². The van der Waals surface area contributed by atoms with Gasteiger partial charge >= 0.3 is 0 Å². The van der Waals surface area contributed by atoms with Crippen molar-refractivity contribution < 1.29 is 14.3 Å². The second kappa shape index (κ2) is 6.94. The Morgan fingerprint density at radius 2 is 2.00 bits per heavy atom. The van der Waals surface area contributed by atoms with Crippen LogP contribution in [0.3, 0.4) is 0 Å². The fourth-order valence-corrected chi connectivity index (χ4v) is 2.23. The highest BCUT2D eigenvalue weighted by molar-refractivity contribution is 6.33. The largest absolute Gasteiger partial charge is 0.454 e. The lowest BCUT2D eigenvalue weighted by atomic mass is 10.2. The molecule has 3 rings (SSSR count). The fourth-order valence-electron chi connectivity index (χ4n) is 2.04. The van der Waals surface area contributed by atoms with Crippen molar-refractivity contribution in [3.05, 3.63) is 59.3 Å². The van der Waals surface area contributed by atoms with Crippen molar-refractivity contribution in [2.24, 2.45) is 0 Å². The third-order valence-corrected chi connectivity index (χ3v) is 3.57. The Kier molecular flexibility index (Phi) is 4.54. The monoisotopic (exact) mass is 341 g/mol. The standard InChI is InChI=1S/C17H12ClN3O3/c18-13-3-1-2-4-14(13)21-17(22)11(8-19)9-20-12-5-6-15-16(7-12)24-10-23-15/h1-7,9,20H,10H2,(H,21,22)/b11-9-. The maximum Gasteiger partial charge on any atom is 0.267 e. The summed E-state index contributed by atoms with van der Waals surface area (Å²) in [5.41, 5.74) is 1.01. The van der Waals surface area contributed by atoms with E-state index in [2.05, 4.69) is 10.6 Å². The Bertz CT molecular complexity index is 858. The summed E-state index contributed by atoms with van der Waals surface area (Å²) in [6.45, 7) is 0.179. The molecule has 120 valence electrons. The Balaban J connectivity index is 1.71. The van der Waals surface area contributed by atoms with Gasteiger partial charge in [-0.2, -0.15) is 5.26 Å². The van der Waals surface area contributed by atoms with Gasteiger partial charge in [-0.1, -0.05) is 23.7 Å². The van der Waals surface area contributed by atoms with Crippen molar-refractivity contribution >= 4 is 28.9 Å². The summed E-state index contributed by atoms with van der Waals surface area (Å²) in [4.78, 5) is 12.2. The Hall–Kier alpha value is -3.17. The van der Waals surface area contributed by atoms with E-state index >= 15 is 0 Å². The summed E-state index contributed by atoms with van der Waals surface area (Å²) in [7, 11) is 0. The van der Waals surface area contributed by atoms with Gasteiger partial charge in [-0.05, 0) is 24.3 Å². The Morgan fingerprint density at radius 1 is 1.21 bits per heavy atom. The van der Waals surface area contributed by atoms with Crippen LogP contribution in [0.15, 0.2) is 54.2 Å². The number of hydrogen-bond acceptors (Lipinski definition) is 5. The van der Waals surface area contributed by atoms with Crippen molar-refractivity contribution in [2.75, 3.05) is 17.4 Å². The summed E-state index contributed by atoms with van der Waals surface area (Å²) in [6, 6.07) is 13.9. The molecular weight excluding hydrogens is 330 g/mol. The minimum atomic E-state index is -0.557. The van der Waals surface area contributed by atoms with Gasteiger partial charge in [0.1, 0.15) is 11.6 Å². The topological polar surface area (TPSA) is 83.4 Å². The molecule has 1 aliphatic rings. The quantitative estimate of drug-likeness (QED) is 0.656. The fraction of sp³-hybridized carbons (Fsp3) is 0.0588. The van der Waals surface area contributed by atoms with Gasteiger partial charge in [-0.3, -0.25) is 4.79 Å². The number of para-hydroxylation sites is 1. The zero-order valence-corrected chi connectivity index (χ0v) is 13.1. The second-order valence-corrected chi connectivity index (χ2v) is 5.22. The molecule has 2 aromatic rings. The molecule has 24 heavy (non-hydrogen) atoms. The maximum absolute atomic E-state index is 12.2. The van der Waals surface area contributed by atoms with Crippen LogP contribution in [0.1, 0.15) is 0 Å². The molecule has 0 bridgehead atoms. The average molecular weight is 342 g/mol. The number of nitriles is 1. The van der Waals surface area contributed by atoms with Crippen molar-refractivity contribution in [2.45, 2.75) is 0 Å². The normalized spacial score (nSPS) is 12.4. The number of nitrogens with one attached hydrogen (secondary N) is 2. The predicted octanol–water partition coefficient (Wildman–Crippen LogP) is 3.53. The summed E-state index contributed by atoms with van der Waals surface area (Å²) < 4.78 is 10.5. The van der Waals surface area contributed by atoms with Gasteiger partial charge < -0.3 is 20.1 Å². The van der Waals surface area contributed by atoms with Gasteiger partial charge in [0.2, 0.25) is 6.79 Å². The van der Waals surface area contributed by atoms with Crippen molar-refractivity contribution in [3.63, 3.8) is 0 Å². The maximum atomic E-state index is 12.2. The first-order chi connectivity index (χ1) is 11.7. The summed E-state index contributed by atoms with van der Waals surface area (Å²) in [6.07, 6.45) is 1.32. The number of benzene rings is 2. The number of hydrogen-bond donors (Lipinski definition) is 2. The number of fused-ring (bicyclic) bond motifs is 1. The molecule has 0 radical (unpaired) electrons. The molecule has 0 aromatic heterocycles. The van der Waals surface area contributed by atoms with Gasteiger partial charge in [0, 0.05) is 18.0 Å². The molecule has 0 spiro atoms. The average Bonchev–Trinajstić information content (AvgIpc) is 3.05. The van der Waals surface area contributed by atoms with Crippen LogP contribution in [-0.2, 0) is 4.79 Å². The smallest absolute Gasteiger partial charge is 0.267 e. The first-order valence-corrected chi connectivity index (χ1v) is 7.37. The molecule has 1 heterocycles. The van der Waals surface area contributed by atoms with Crippen LogP contribution in [0.4, 0.5) is 11.4 Å². The Morgan fingerprint density at radius 3 is 2.79 bits per heavy atom. The first-order valence-electron chi connectivity index (χ1n) is 7.00. The molecular formula is C17H12ClN3O3. The van der Waals surface area contributed by atoms with Crippen LogP contribution in [0.2, 0.25) is 5.02 Å². The minimum Gasteiger partial charge on any atom is -0.454 e. The number of halogens is 1. The summed E-state index contributed by atoms with van der Waals surface area (Å²) >= 11 is 5.98. The van der Waals surface area contributed by atoms with E-state index in [4.69, 9.17) is 21.1 Å². The van der Waals surface area contributed by atoms with E-state index < -0.39 is 5.91 Å². The highest BCUT2D eigenvalue weighted by atomic mass is 35.5. The summed E-state index contributed by atoms with van der Waals surface area (Å²) in [5, 5.41) is 15.1. The van der Waals surface area contributed by atoms with Gasteiger partial charge in [0.05, 0.1) is 10.7 Å². The number of rotatable bonds is 4. The molecule has 2 N–H and O–H groups in total. The van der Waals surface area contributed by atoms with Crippen LogP contribution in [0.25, 0.3) is 0 Å². The van der Waals surface area contributed by atoms with Gasteiger partial charge in [0.25, 0.3) is 5.91 Å². The molecule has 0 fully saturated rings. The molecule has 1 amide bonds. The lowest BCUT2D eigenvalue weighted by Gasteiger charge is -2.07. The molecule has 0 unspecified atom stereocenters. The van der Waals surface area contributed by atoms with Crippen molar-refractivity contribution in [1.29, 1.82) is 5.26 Å². The predicted molar refractivity (Wildman–Crippen MR) is 90.0 cm³/mol. The number of amides is 1. The van der Waals surface area contributed by atoms with E-state index in [1.807, 2.05) is 6.07 Å². The van der Waals surface area contributed by atoms with Gasteiger partial charge in [-0.15, -0.1) is 0 Å². The molecule has 6 nitrogen and oxygen atoms in total. The van der Waals surface area contributed by atoms with E-state index in [9.17, 15) is 10.1 Å². The zero-order chi connectivity index (χ0) is 16.9. The van der Waals surface area contributed by atoms with Crippen LogP contribution < -0.4 is 20.1 Å². The minimum absolute atomic E-state index is 0.0902. The highest BCUT2D eigenvalue weighted by Crippen LogP contribution is 2.34. The highest BCUT2D eigenvalue weighted by Gasteiger charge is 2.14. The molecule has 0 saturated carbocycles. The molecule has 0 aliphatic carbocycles. The van der Waals surface area contributed by atoms with Crippen LogP contribution in [0.5, 0.6) is 11.5 Å². The van der Waals surface area contributed by atoms with Crippen molar-refractivity contribution in [1.82, 2.24) is 0 Å². The number of carbonyl (C=O) groups excluding carboxylic acids is 1. The number of anilines is 2. The third-order valence-electron chi connectivity index (χ3n) is 3.24. The van der Waals surface area contributed by atoms with Crippen LogP contribution in [-0.4, -0.2) is 12.7 Å². The van der Waals surface area contributed by atoms with E-state index in [1.54, 1.807) is 42.5 Å². The van der Waals surface area contributed by atoms with E-state index in [0.29, 0.717) is 27.9 Å². The SMILES string of the molecule is N#C/C(=C/Nc1ccc2c(c1)OCO2)C(=O)Nc1ccccc1Cl. The van der Waals surface area contributed by atoms with Crippen molar-refractivity contribution in [3.8, 4) is 17.6 Å². The molecule has 1 aliphatic heterocycles. The zero-order valence-electron chi connectivity index (χ0n) is 12.4. The van der Waals surface area contributed by atoms with E-state index in [1.165, 1.54) is 6.20 Å². The lowest BCUT2D eigenvalue weighted by molar-refractivity contribution is -0.112. The third kappa shape index (κ3) is 3.42. The lowest BCUT2D eigenvalue weighted by Crippen LogP contribution is -2.14. The molecule has 2 aromatic carbocycles. The first kappa shape index (κ1) is 15.7. The molecule has 0 saturated heterocycles. The number of nitrogens with zero attached hydrogens (tertiary/aromatic N) is 1. The van der Waals surface area contributed by atoms with Gasteiger partial charge in [0.15, 0.2) is 11.5 Å². The van der Waals surface area contributed by atoms with Crippen LogP contribution in [0, 0.1) is 11.3 Å².